The van der Waals surface area contributed by atoms with Gasteiger partial charge in [-0.1, -0.05) is 69.7 Å². The summed E-state index contributed by atoms with van der Waals surface area (Å²) in [4.78, 5) is 12.4. The molecule has 4 rings (SSSR count). The third-order valence-corrected chi connectivity index (χ3v) is 6.28. The third-order valence-electron chi connectivity index (χ3n) is 4.86. The number of aryl methyl sites for hydroxylation is 1. The predicted molar refractivity (Wildman–Crippen MR) is 139 cm³/mol. The number of nitrogens with one attached hydrogen (secondary N) is 1. The van der Waals surface area contributed by atoms with Gasteiger partial charge in [0.25, 0.3) is 5.91 Å². The number of carbonyl (C=O) groups is 1. The molecule has 0 aliphatic rings. The number of amides is 1. The van der Waals surface area contributed by atoms with Gasteiger partial charge in [-0.3, -0.25) is 9.36 Å². The van der Waals surface area contributed by atoms with Crippen molar-refractivity contribution in [3.63, 3.8) is 0 Å². The SMILES string of the molecule is COc1ccc(-n2c(SCC(=O)NN=Cc3cccc(Br)c3)nnc2-c2ccc(C)cc2)cc1. The van der Waals surface area contributed by atoms with E-state index in [1.165, 1.54) is 11.8 Å². The molecule has 0 fully saturated rings. The Kier molecular flexibility index (Phi) is 7.76. The van der Waals surface area contributed by atoms with Crippen LogP contribution in [0.4, 0.5) is 0 Å². The van der Waals surface area contributed by atoms with Crippen LogP contribution in [0.1, 0.15) is 11.1 Å². The molecule has 0 radical (unpaired) electrons. The fourth-order valence-electron chi connectivity index (χ4n) is 3.15. The number of hydrogen-bond acceptors (Lipinski definition) is 6. The number of aromatic nitrogens is 3. The minimum atomic E-state index is -0.239. The first-order valence-corrected chi connectivity index (χ1v) is 12.2. The number of hydrazone groups is 1. The molecule has 0 spiro atoms. The maximum absolute atomic E-state index is 12.4. The van der Waals surface area contributed by atoms with Gasteiger partial charge in [-0.15, -0.1) is 10.2 Å². The summed E-state index contributed by atoms with van der Waals surface area (Å²) >= 11 is 4.71. The highest BCUT2D eigenvalue weighted by molar-refractivity contribution is 9.10. The average Bonchev–Trinajstić information content (AvgIpc) is 3.27. The van der Waals surface area contributed by atoms with Gasteiger partial charge in [-0.2, -0.15) is 5.10 Å². The van der Waals surface area contributed by atoms with E-state index in [-0.39, 0.29) is 11.7 Å². The first-order chi connectivity index (χ1) is 16.5. The quantitative estimate of drug-likeness (QED) is 0.189. The van der Waals surface area contributed by atoms with E-state index in [1.807, 2.05) is 84.3 Å². The smallest absolute Gasteiger partial charge is 0.250 e. The number of ether oxygens (including phenoxy) is 1. The zero-order valence-electron chi connectivity index (χ0n) is 18.6. The Morgan fingerprint density at radius 1 is 1.12 bits per heavy atom. The Bertz CT molecular complexity index is 1300. The Balaban J connectivity index is 1.52. The molecular formula is C25H22BrN5O2S. The van der Waals surface area contributed by atoms with Crippen molar-refractivity contribution in [3.05, 3.63) is 88.4 Å². The monoisotopic (exact) mass is 535 g/mol. The number of thioether (sulfide) groups is 1. The molecule has 9 heteroatoms. The van der Waals surface area contributed by atoms with Crippen molar-refractivity contribution in [1.82, 2.24) is 20.2 Å². The van der Waals surface area contributed by atoms with E-state index in [2.05, 4.69) is 36.7 Å². The van der Waals surface area contributed by atoms with Crippen molar-refractivity contribution in [2.75, 3.05) is 12.9 Å². The first-order valence-electron chi connectivity index (χ1n) is 10.4. The molecule has 34 heavy (non-hydrogen) atoms. The highest BCUT2D eigenvalue weighted by atomic mass is 79.9. The van der Waals surface area contributed by atoms with Gasteiger partial charge in [0.1, 0.15) is 5.75 Å². The highest BCUT2D eigenvalue weighted by Gasteiger charge is 2.17. The van der Waals surface area contributed by atoms with Crippen LogP contribution in [0.2, 0.25) is 0 Å². The molecule has 1 N–H and O–H groups in total. The number of rotatable bonds is 8. The second kappa shape index (κ2) is 11.1. The van der Waals surface area contributed by atoms with Crippen molar-refractivity contribution < 1.29 is 9.53 Å². The van der Waals surface area contributed by atoms with E-state index in [1.54, 1.807) is 13.3 Å². The lowest BCUT2D eigenvalue weighted by Gasteiger charge is -2.11. The minimum absolute atomic E-state index is 0.137. The summed E-state index contributed by atoms with van der Waals surface area (Å²) in [6.07, 6.45) is 1.60. The van der Waals surface area contributed by atoms with Gasteiger partial charge in [-0.25, -0.2) is 5.43 Å². The molecule has 0 atom stereocenters. The van der Waals surface area contributed by atoms with Crippen LogP contribution in [-0.4, -0.2) is 39.7 Å². The van der Waals surface area contributed by atoms with Gasteiger partial charge in [0, 0.05) is 15.7 Å². The van der Waals surface area contributed by atoms with Crippen molar-refractivity contribution in [3.8, 4) is 22.8 Å². The van der Waals surface area contributed by atoms with Crippen molar-refractivity contribution in [2.24, 2.45) is 5.10 Å². The fraction of sp³-hybridized carbons (Fsp3) is 0.120. The van der Waals surface area contributed by atoms with Gasteiger partial charge in [0.15, 0.2) is 11.0 Å². The molecule has 172 valence electrons. The lowest BCUT2D eigenvalue weighted by Crippen LogP contribution is -2.20. The largest absolute Gasteiger partial charge is 0.497 e. The molecule has 7 nitrogen and oxygen atoms in total. The van der Waals surface area contributed by atoms with Crippen molar-refractivity contribution in [1.29, 1.82) is 0 Å². The second-order valence-electron chi connectivity index (χ2n) is 7.34. The molecule has 0 saturated carbocycles. The van der Waals surface area contributed by atoms with Crippen molar-refractivity contribution >= 4 is 39.8 Å². The van der Waals surface area contributed by atoms with Crippen LogP contribution in [-0.2, 0) is 4.79 Å². The summed E-state index contributed by atoms with van der Waals surface area (Å²) in [5, 5.41) is 13.4. The van der Waals surface area contributed by atoms with Gasteiger partial charge in [0.05, 0.1) is 19.1 Å². The number of nitrogens with zero attached hydrogens (tertiary/aromatic N) is 4. The fourth-order valence-corrected chi connectivity index (χ4v) is 4.31. The Morgan fingerprint density at radius 3 is 2.59 bits per heavy atom. The summed E-state index contributed by atoms with van der Waals surface area (Å²) in [6, 6.07) is 23.4. The molecule has 1 aromatic heterocycles. The zero-order chi connectivity index (χ0) is 23.9. The maximum atomic E-state index is 12.4. The topological polar surface area (TPSA) is 81.4 Å². The van der Waals surface area contributed by atoms with E-state index >= 15 is 0 Å². The van der Waals surface area contributed by atoms with Crippen LogP contribution in [0.3, 0.4) is 0 Å². The molecule has 0 saturated heterocycles. The van der Waals surface area contributed by atoms with E-state index in [0.717, 1.165) is 32.6 Å². The van der Waals surface area contributed by atoms with Crippen LogP contribution >= 0.6 is 27.7 Å². The van der Waals surface area contributed by atoms with Crippen LogP contribution in [0.15, 0.2) is 87.5 Å². The van der Waals surface area contributed by atoms with Gasteiger partial charge < -0.3 is 4.74 Å². The van der Waals surface area contributed by atoms with Gasteiger partial charge >= 0.3 is 0 Å². The number of hydrogen-bond donors (Lipinski definition) is 1. The Labute approximate surface area is 210 Å². The van der Waals surface area contributed by atoms with Crippen LogP contribution in [0.25, 0.3) is 17.1 Å². The summed E-state index contributed by atoms with van der Waals surface area (Å²) < 4.78 is 8.17. The number of methoxy groups -OCH3 is 1. The third kappa shape index (κ3) is 5.92. The molecule has 1 amide bonds. The molecule has 0 bridgehead atoms. The molecule has 3 aromatic carbocycles. The normalized spacial score (nSPS) is 11.0. The first kappa shape index (κ1) is 23.7. The Hall–Kier alpha value is -3.43. The van der Waals surface area contributed by atoms with E-state index < -0.39 is 0 Å². The highest BCUT2D eigenvalue weighted by Crippen LogP contribution is 2.29. The summed E-state index contributed by atoms with van der Waals surface area (Å²) in [5.74, 6) is 1.35. The summed E-state index contributed by atoms with van der Waals surface area (Å²) in [7, 11) is 1.63. The lowest BCUT2D eigenvalue weighted by molar-refractivity contribution is -0.118. The lowest BCUT2D eigenvalue weighted by atomic mass is 10.1. The maximum Gasteiger partial charge on any atom is 0.250 e. The number of carbonyl (C=O) groups excluding carboxylic acids is 1. The summed E-state index contributed by atoms with van der Waals surface area (Å²) in [5.41, 5.74) is 6.41. The Morgan fingerprint density at radius 2 is 1.88 bits per heavy atom. The molecule has 0 aliphatic carbocycles. The summed E-state index contributed by atoms with van der Waals surface area (Å²) in [6.45, 7) is 2.04. The van der Waals surface area contributed by atoms with Crippen LogP contribution < -0.4 is 10.2 Å². The van der Waals surface area contributed by atoms with Crippen LogP contribution in [0.5, 0.6) is 5.75 Å². The molecule has 1 heterocycles. The van der Waals surface area contributed by atoms with Gasteiger partial charge in [-0.05, 0) is 48.9 Å². The molecule has 4 aromatic rings. The van der Waals surface area contributed by atoms with Crippen molar-refractivity contribution in [2.45, 2.75) is 12.1 Å². The van der Waals surface area contributed by atoms with Crippen LogP contribution in [0, 0.1) is 6.92 Å². The van der Waals surface area contributed by atoms with E-state index in [4.69, 9.17) is 4.74 Å². The van der Waals surface area contributed by atoms with E-state index in [0.29, 0.717) is 11.0 Å². The standard InChI is InChI=1S/C25H22BrN5O2S/c1-17-6-8-19(9-7-17)24-29-30-25(31(24)21-10-12-22(33-2)13-11-21)34-16-23(32)28-27-15-18-4-3-5-20(26)14-18/h3-15H,16H2,1-2H3,(H,28,32). The van der Waals surface area contributed by atoms with E-state index in [9.17, 15) is 4.79 Å². The number of halogens is 1. The molecule has 0 unspecified atom stereocenters. The zero-order valence-corrected chi connectivity index (χ0v) is 21.0. The second-order valence-corrected chi connectivity index (χ2v) is 9.20. The molecule has 0 aliphatic heterocycles. The molecular weight excluding hydrogens is 514 g/mol. The minimum Gasteiger partial charge on any atom is -0.497 e. The predicted octanol–water partition coefficient (Wildman–Crippen LogP) is 5.26. The number of benzene rings is 3. The average molecular weight is 536 g/mol. The van der Waals surface area contributed by atoms with Gasteiger partial charge in [0.2, 0.25) is 0 Å².